The average Bonchev–Trinajstić information content (AvgIpc) is 3.27. The number of halogens is 1. The lowest BCUT2D eigenvalue weighted by molar-refractivity contribution is 0.525. The zero-order chi connectivity index (χ0) is 19.4. The molecule has 0 spiro atoms. The molecule has 0 aliphatic rings. The van der Waals surface area contributed by atoms with E-state index < -0.39 is 10.6 Å². The number of benzene rings is 2. The number of furan rings is 1. The van der Waals surface area contributed by atoms with Crippen LogP contribution in [0.5, 0.6) is 0 Å². The Morgan fingerprint density at radius 3 is 2.50 bits per heavy atom. The Hall–Kier alpha value is -2.97. The first-order valence-electron chi connectivity index (χ1n) is 8.23. The lowest BCUT2D eigenvalue weighted by Gasteiger charge is -2.05. The van der Waals surface area contributed by atoms with E-state index in [9.17, 15) is 9.59 Å². The van der Waals surface area contributed by atoms with Gasteiger partial charge in [-0.3, -0.25) is 0 Å². The first-order chi connectivity index (χ1) is 13.5. The van der Waals surface area contributed by atoms with Gasteiger partial charge in [-0.25, -0.2) is 9.59 Å². The molecule has 0 radical (unpaired) electrons. The summed E-state index contributed by atoms with van der Waals surface area (Å²) in [6.45, 7) is 1.78. The van der Waals surface area contributed by atoms with Gasteiger partial charge in [0, 0.05) is 26.9 Å². The van der Waals surface area contributed by atoms with Crippen molar-refractivity contribution in [3.05, 3.63) is 72.9 Å². The molecule has 5 rings (SSSR count). The van der Waals surface area contributed by atoms with E-state index in [-0.39, 0.29) is 11.5 Å². The third-order valence-electron chi connectivity index (χ3n) is 4.61. The molecule has 0 N–H and O–H groups in total. The van der Waals surface area contributed by atoms with E-state index in [0.29, 0.717) is 28.3 Å². The molecule has 0 aliphatic heterocycles. The first-order valence-corrected chi connectivity index (χ1v) is 9.79. The van der Waals surface area contributed by atoms with Gasteiger partial charge >= 0.3 is 10.6 Å². The van der Waals surface area contributed by atoms with Crippen LogP contribution in [0.4, 0.5) is 0 Å². The number of nitrogens with zero attached hydrogens (tertiary/aromatic N) is 1. The van der Waals surface area contributed by atoms with Crippen LogP contribution in [-0.2, 0) is 0 Å². The van der Waals surface area contributed by atoms with Gasteiger partial charge in [-0.1, -0.05) is 28.1 Å². The summed E-state index contributed by atoms with van der Waals surface area (Å²) in [5, 5.41) is 1.61. The molecule has 3 heterocycles. The van der Waals surface area contributed by atoms with Gasteiger partial charge in [0.25, 0.3) is 0 Å². The van der Waals surface area contributed by atoms with E-state index in [1.165, 1.54) is 0 Å². The number of aromatic nitrogens is 1. The van der Waals surface area contributed by atoms with Gasteiger partial charge in [-0.15, -0.1) is 4.37 Å². The molecular weight excluding hydrogens is 446 g/mol. The van der Waals surface area contributed by atoms with Crippen LogP contribution in [0, 0.1) is 6.92 Å². The van der Waals surface area contributed by atoms with Crippen molar-refractivity contribution in [2.24, 2.45) is 0 Å². The molecule has 0 saturated carbocycles. The van der Waals surface area contributed by atoms with Gasteiger partial charge < -0.3 is 13.3 Å². The van der Waals surface area contributed by atoms with Crippen molar-refractivity contribution >= 4 is 49.4 Å². The minimum absolute atomic E-state index is 0.0245. The number of hydrogen-bond acceptors (Lipinski definition) is 7. The largest absolute Gasteiger partial charge is 0.464 e. The van der Waals surface area contributed by atoms with Gasteiger partial charge in [0.15, 0.2) is 0 Å². The van der Waals surface area contributed by atoms with Crippen molar-refractivity contribution in [1.82, 2.24) is 4.37 Å². The maximum absolute atomic E-state index is 12.5. The molecule has 8 heteroatoms. The van der Waals surface area contributed by atoms with Crippen molar-refractivity contribution in [2.45, 2.75) is 6.92 Å². The topological polar surface area (TPSA) is 86.5 Å². The minimum atomic E-state index is -0.613. The standard InChI is InChI=1S/C20H10BrNO5S/c1-9-12-6-13-14(10-2-4-11(21)5-3-10)8-25-15(13)7-16(12)26-19(23)17(9)18-22-28-20(24)27-18/h2-8H,1H3. The summed E-state index contributed by atoms with van der Waals surface area (Å²) in [5.74, 6) is -0.0245. The molecular formula is C20H10BrNO5S. The third kappa shape index (κ3) is 2.64. The summed E-state index contributed by atoms with van der Waals surface area (Å²) in [5.41, 5.74) is 3.11. The van der Waals surface area contributed by atoms with Gasteiger partial charge in [-0.05, 0) is 36.2 Å². The zero-order valence-corrected chi connectivity index (χ0v) is 16.7. The van der Waals surface area contributed by atoms with Gasteiger partial charge in [0.1, 0.15) is 16.7 Å². The van der Waals surface area contributed by atoms with E-state index >= 15 is 0 Å². The molecule has 0 bridgehead atoms. The normalized spacial score (nSPS) is 11.5. The molecule has 0 amide bonds. The maximum Gasteiger partial charge on any atom is 0.414 e. The molecule has 0 fully saturated rings. The van der Waals surface area contributed by atoms with Crippen molar-refractivity contribution in [1.29, 1.82) is 0 Å². The van der Waals surface area contributed by atoms with Crippen LogP contribution in [-0.4, -0.2) is 4.37 Å². The maximum atomic E-state index is 12.5. The Morgan fingerprint density at radius 2 is 1.79 bits per heavy atom. The van der Waals surface area contributed by atoms with Crippen LogP contribution in [0.25, 0.3) is 44.5 Å². The molecule has 6 nitrogen and oxygen atoms in total. The van der Waals surface area contributed by atoms with Crippen LogP contribution in [0.3, 0.4) is 0 Å². The molecule has 5 aromatic rings. The lowest BCUT2D eigenvalue weighted by Crippen LogP contribution is -2.06. The van der Waals surface area contributed by atoms with Crippen LogP contribution in [0.1, 0.15) is 5.56 Å². The molecule has 3 aromatic heterocycles. The Bertz CT molecular complexity index is 1470. The number of hydrogen-bond donors (Lipinski definition) is 0. The Balaban J connectivity index is 1.81. The Kier molecular flexibility index (Phi) is 3.85. The fourth-order valence-electron chi connectivity index (χ4n) is 3.26. The monoisotopic (exact) mass is 455 g/mol. The first kappa shape index (κ1) is 17.2. The van der Waals surface area contributed by atoms with Crippen molar-refractivity contribution in [2.75, 3.05) is 0 Å². The third-order valence-corrected chi connectivity index (χ3v) is 5.63. The van der Waals surface area contributed by atoms with Crippen LogP contribution < -0.4 is 10.6 Å². The van der Waals surface area contributed by atoms with Crippen LogP contribution in [0.2, 0.25) is 0 Å². The predicted molar refractivity (Wildman–Crippen MR) is 110 cm³/mol. The molecule has 0 atom stereocenters. The number of aryl methyl sites for hydroxylation is 1. The Morgan fingerprint density at radius 1 is 1.00 bits per heavy atom. The lowest BCUT2D eigenvalue weighted by atomic mass is 10.0. The summed E-state index contributed by atoms with van der Waals surface area (Å²) >= 11 is 4.09. The minimum Gasteiger partial charge on any atom is -0.464 e. The smallest absolute Gasteiger partial charge is 0.414 e. The van der Waals surface area contributed by atoms with Gasteiger partial charge in [0.05, 0.1) is 17.8 Å². The van der Waals surface area contributed by atoms with E-state index in [0.717, 1.165) is 26.4 Å². The van der Waals surface area contributed by atoms with E-state index in [4.69, 9.17) is 13.3 Å². The second-order valence-corrected chi connectivity index (χ2v) is 7.84. The average molecular weight is 456 g/mol. The molecule has 2 aromatic carbocycles. The number of rotatable bonds is 2. The highest BCUT2D eigenvalue weighted by Crippen LogP contribution is 2.36. The van der Waals surface area contributed by atoms with Crippen LogP contribution in [0.15, 0.2) is 70.0 Å². The fourth-order valence-corrected chi connectivity index (χ4v) is 3.93. The zero-order valence-electron chi connectivity index (χ0n) is 14.3. The van der Waals surface area contributed by atoms with E-state index in [1.54, 1.807) is 19.3 Å². The second kappa shape index (κ2) is 6.29. The summed E-state index contributed by atoms with van der Waals surface area (Å²) in [7, 11) is 0. The summed E-state index contributed by atoms with van der Waals surface area (Å²) < 4.78 is 21.1. The predicted octanol–water partition coefficient (Wildman–Crippen LogP) is 5.35. The molecule has 138 valence electrons. The summed E-state index contributed by atoms with van der Waals surface area (Å²) in [6, 6.07) is 11.5. The highest BCUT2D eigenvalue weighted by Gasteiger charge is 2.20. The van der Waals surface area contributed by atoms with Crippen molar-refractivity contribution in [3.63, 3.8) is 0 Å². The van der Waals surface area contributed by atoms with Gasteiger partial charge in [-0.2, -0.15) is 0 Å². The van der Waals surface area contributed by atoms with Crippen molar-refractivity contribution < 1.29 is 13.3 Å². The molecule has 0 saturated heterocycles. The molecule has 28 heavy (non-hydrogen) atoms. The summed E-state index contributed by atoms with van der Waals surface area (Å²) in [6.07, 6.45) is 1.68. The van der Waals surface area contributed by atoms with Crippen LogP contribution >= 0.6 is 27.5 Å². The summed E-state index contributed by atoms with van der Waals surface area (Å²) in [4.78, 5) is 23.2. The highest BCUT2D eigenvalue weighted by atomic mass is 79.9. The molecule has 0 unspecified atom stereocenters. The Labute approximate surface area is 169 Å². The van der Waals surface area contributed by atoms with E-state index in [2.05, 4.69) is 20.3 Å². The van der Waals surface area contributed by atoms with Gasteiger partial charge in [0.2, 0.25) is 5.89 Å². The van der Waals surface area contributed by atoms with Crippen molar-refractivity contribution in [3.8, 4) is 22.6 Å². The molecule has 0 aliphatic carbocycles. The quantitative estimate of drug-likeness (QED) is 0.333. The second-order valence-electron chi connectivity index (χ2n) is 6.23. The fraction of sp³-hybridized carbons (Fsp3) is 0.0500. The SMILES string of the molecule is Cc1c(-c2nsc(=O)o2)c(=O)oc2cc3occ(-c4ccc(Br)cc4)c3cc12. The number of fused-ring (bicyclic) bond motifs is 2. The van der Waals surface area contributed by atoms with E-state index in [1.807, 2.05) is 30.3 Å². The highest BCUT2D eigenvalue weighted by molar-refractivity contribution is 9.10.